The van der Waals surface area contributed by atoms with Gasteiger partial charge in [-0.3, -0.25) is 19.2 Å². The highest BCUT2D eigenvalue weighted by Gasteiger charge is 2.58. The van der Waals surface area contributed by atoms with Crippen LogP contribution in [0.5, 0.6) is 0 Å². The number of esters is 1. The Morgan fingerprint density at radius 3 is 2.50 bits per heavy atom. The van der Waals surface area contributed by atoms with E-state index < -0.39 is 83.7 Å². The first-order valence-electron chi connectivity index (χ1n) is 20.7. The monoisotopic (exact) mass is 814 g/mol. The number of aliphatic hydroxyl groups is 1. The van der Waals surface area contributed by atoms with Gasteiger partial charge in [0.1, 0.15) is 23.8 Å². The van der Waals surface area contributed by atoms with Gasteiger partial charge in [0.2, 0.25) is 0 Å². The molecule has 0 spiro atoms. The maximum Gasteiger partial charge on any atom is 0.410 e. The molecule has 4 heterocycles. The van der Waals surface area contributed by atoms with Crippen LogP contribution in [0.25, 0.3) is 11.3 Å². The molecule has 13 atom stereocenters. The summed E-state index contributed by atoms with van der Waals surface area (Å²) in [6.07, 6.45) is -0.837. The first-order valence-corrected chi connectivity index (χ1v) is 20.7. The van der Waals surface area contributed by atoms with Crippen molar-refractivity contribution in [3.63, 3.8) is 0 Å². The quantitative estimate of drug-likeness (QED) is 0.0948. The van der Waals surface area contributed by atoms with Crippen LogP contribution in [0.3, 0.4) is 0 Å². The summed E-state index contributed by atoms with van der Waals surface area (Å²) in [6, 6.07) is 5.97. The molecule has 2 aromatic rings. The molecular weight excluding hydrogens is 748 g/mol. The minimum Gasteiger partial charge on any atom is -0.458 e. The highest BCUT2D eigenvalue weighted by Crippen LogP contribution is 2.40. The van der Waals surface area contributed by atoms with Crippen molar-refractivity contribution in [2.75, 3.05) is 32.5 Å². The smallest absolute Gasteiger partial charge is 0.410 e. The molecule has 3 unspecified atom stereocenters. The minimum atomic E-state index is -1.25. The lowest BCUT2D eigenvalue weighted by Gasteiger charge is -2.45. The Bertz CT molecular complexity index is 1710. The van der Waals surface area contributed by atoms with Gasteiger partial charge in [-0.25, -0.2) is 4.79 Å². The van der Waals surface area contributed by atoms with Crippen molar-refractivity contribution in [3.05, 3.63) is 30.5 Å². The Balaban J connectivity index is 1.37. The summed E-state index contributed by atoms with van der Waals surface area (Å²) < 4.78 is 32.9. The molecule has 0 radical (unpaired) electrons. The number of Topliss-reactive ketones (excluding diaryl/α,β-unsaturated/α-hetero) is 1. The van der Waals surface area contributed by atoms with Gasteiger partial charge in [0.05, 0.1) is 30.0 Å². The lowest BCUT2D eigenvalue weighted by atomic mass is 9.78. The number of unbranched alkanes of at least 4 members (excludes halogenated alkanes) is 1. The molecule has 0 aliphatic carbocycles. The maximum atomic E-state index is 14.3. The highest BCUT2D eigenvalue weighted by molar-refractivity contribution is 6.00. The molecular formula is C41H66N8O9. The minimum absolute atomic E-state index is 0.0444. The normalized spacial score (nSPS) is 36.8. The van der Waals surface area contributed by atoms with Crippen molar-refractivity contribution in [3.8, 4) is 11.3 Å². The second kappa shape index (κ2) is 19.1. The van der Waals surface area contributed by atoms with E-state index in [1.165, 1.54) is 6.92 Å². The first-order chi connectivity index (χ1) is 27.5. The van der Waals surface area contributed by atoms with Gasteiger partial charge in [-0.15, -0.1) is 5.10 Å². The van der Waals surface area contributed by atoms with Gasteiger partial charge < -0.3 is 51.3 Å². The fourth-order valence-corrected chi connectivity index (χ4v) is 9.03. The number of nitrogens with zero attached hydrogens (tertiary/aromatic N) is 4. The van der Waals surface area contributed by atoms with Crippen molar-refractivity contribution < 1.29 is 43.2 Å². The van der Waals surface area contributed by atoms with E-state index in [4.69, 9.17) is 40.9 Å². The van der Waals surface area contributed by atoms with E-state index in [0.29, 0.717) is 57.4 Å². The molecule has 1 aromatic carbocycles. The van der Waals surface area contributed by atoms with Crippen molar-refractivity contribution in [1.82, 2.24) is 25.2 Å². The van der Waals surface area contributed by atoms with Gasteiger partial charge in [0.25, 0.3) is 0 Å². The van der Waals surface area contributed by atoms with Crippen LogP contribution in [0.15, 0.2) is 30.5 Å². The first kappa shape index (κ1) is 45.4. The van der Waals surface area contributed by atoms with E-state index in [-0.39, 0.29) is 18.5 Å². The number of methoxy groups -OCH3 is 1. The number of hydrogen-bond acceptors (Lipinski definition) is 15. The number of anilines is 1. The molecule has 0 bridgehead atoms. The highest BCUT2D eigenvalue weighted by atomic mass is 16.7. The van der Waals surface area contributed by atoms with Crippen LogP contribution in [0.4, 0.5) is 10.5 Å². The molecule has 58 heavy (non-hydrogen) atoms. The Kier molecular flexibility index (Phi) is 15.0. The third kappa shape index (κ3) is 9.83. The van der Waals surface area contributed by atoms with Crippen LogP contribution < -0.4 is 22.5 Å². The number of carbonyl (C=O) groups excluding carboxylic acids is 3. The third-order valence-corrected chi connectivity index (χ3v) is 12.4. The Morgan fingerprint density at radius 1 is 1.10 bits per heavy atom. The zero-order valence-corrected chi connectivity index (χ0v) is 35.3. The van der Waals surface area contributed by atoms with E-state index in [0.717, 1.165) is 11.3 Å². The summed E-state index contributed by atoms with van der Waals surface area (Å²) in [6.45, 7) is 14.4. The average Bonchev–Trinajstić information content (AvgIpc) is 3.78. The zero-order chi connectivity index (χ0) is 42.5. The Labute approximate surface area is 341 Å². The fraction of sp³-hybridized carbons (Fsp3) is 0.732. The van der Waals surface area contributed by atoms with E-state index in [1.54, 1.807) is 30.5 Å². The molecule has 0 saturated carbocycles. The van der Waals surface area contributed by atoms with Gasteiger partial charge in [-0.05, 0) is 84.4 Å². The largest absolute Gasteiger partial charge is 0.458 e. The number of cyclic esters (lactones) is 1. The molecule has 3 fully saturated rings. The number of nitrogen functional groups attached to an aromatic ring is 1. The maximum absolute atomic E-state index is 14.3. The topological polar surface area (TPSA) is 242 Å². The molecule has 324 valence electrons. The van der Waals surface area contributed by atoms with E-state index in [1.807, 2.05) is 51.2 Å². The Hall–Kier alpha value is -3.71. The molecule has 3 aliphatic heterocycles. The molecule has 8 N–H and O–H groups in total. The number of aliphatic hydroxyl groups excluding tert-OH is 1. The number of carbonyl (C=O) groups is 3. The van der Waals surface area contributed by atoms with Crippen LogP contribution >= 0.6 is 0 Å². The summed E-state index contributed by atoms with van der Waals surface area (Å²) in [5, 5.41) is 23.3. The average molecular weight is 815 g/mol. The van der Waals surface area contributed by atoms with E-state index in [2.05, 4.69) is 22.6 Å². The van der Waals surface area contributed by atoms with Crippen LogP contribution in [0.2, 0.25) is 0 Å². The van der Waals surface area contributed by atoms with Gasteiger partial charge in [-0.2, -0.15) is 0 Å². The predicted molar refractivity (Wildman–Crippen MR) is 216 cm³/mol. The third-order valence-electron chi connectivity index (χ3n) is 12.4. The number of amides is 1. The number of ether oxygens (including phenoxy) is 5. The molecule has 17 heteroatoms. The van der Waals surface area contributed by atoms with Crippen molar-refractivity contribution in [1.29, 1.82) is 0 Å². The number of fused-ring (bicyclic) bond motifs is 1. The summed E-state index contributed by atoms with van der Waals surface area (Å²) in [5.41, 5.74) is 18.0. The Morgan fingerprint density at radius 2 is 1.83 bits per heavy atom. The lowest BCUT2D eigenvalue weighted by Crippen LogP contribution is -2.61. The molecule has 3 saturated heterocycles. The number of benzene rings is 1. The number of nitrogens with two attached hydrogens (primary N) is 3. The van der Waals surface area contributed by atoms with Crippen LogP contribution in [0, 0.1) is 17.8 Å². The predicted octanol–water partition coefficient (Wildman–Crippen LogP) is 2.62. The number of hydrogen-bond donors (Lipinski definition) is 5. The SMILES string of the molecule is CC[C@H]1OC(=O)[C@H](C)C(=O)[C@H](C)[C@@H](O[C@@H]2OC(CN)CC(N)C2O)[C@](C)(OC)C[C@@H](C)CN[C@H](C)[C@H]2N(CCCCn3cc(-c4cccc(N)c4)nn3)C(=O)O[C@]12C. The lowest BCUT2D eigenvalue weighted by molar-refractivity contribution is -0.289. The second-order valence-corrected chi connectivity index (χ2v) is 17.0. The van der Waals surface area contributed by atoms with Gasteiger partial charge in [-0.1, -0.05) is 38.1 Å². The van der Waals surface area contributed by atoms with Crippen molar-refractivity contribution >= 4 is 23.5 Å². The summed E-state index contributed by atoms with van der Waals surface area (Å²) in [5.74, 6) is -3.35. The number of ketones is 1. The standard InChI is InChI=1S/C41H66N8O9/c1-9-32-41(7)35(49(39(53)58-41)16-11-10-15-48-22-31(46-47-48)27-13-12-14-28(43)17-27)26(5)45-21-23(2)19-40(6,54-8)36(24(3)33(50)25(4)37(52)56-32)57-38-34(51)30(44)18-29(20-42)55-38/h12-14,17,22-26,29-30,32,34-36,38,45,51H,9-11,15-16,18-21,42-44H2,1-8H3/t23-,24+,25-,26-,29?,30?,32-,34?,35-,36-,38+,40-,41-/m1/s1. The van der Waals surface area contributed by atoms with E-state index in [9.17, 15) is 19.5 Å². The van der Waals surface area contributed by atoms with Crippen LogP contribution in [-0.2, 0) is 39.8 Å². The molecule has 1 amide bonds. The molecule has 1 aromatic heterocycles. The van der Waals surface area contributed by atoms with E-state index >= 15 is 0 Å². The molecule has 5 rings (SSSR count). The van der Waals surface area contributed by atoms with Crippen LogP contribution in [0.1, 0.15) is 80.6 Å². The number of nitrogens with one attached hydrogen (secondary N) is 1. The summed E-state index contributed by atoms with van der Waals surface area (Å²) in [4.78, 5) is 43.8. The van der Waals surface area contributed by atoms with Crippen molar-refractivity contribution in [2.24, 2.45) is 29.2 Å². The fourth-order valence-electron chi connectivity index (χ4n) is 9.03. The summed E-state index contributed by atoms with van der Waals surface area (Å²) in [7, 11) is 1.55. The number of rotatable bonds is 11. The number of aryl methyl sites for hydroxylation is 1. The van der Waals surface area contributed by atoms with Crippen molar-refractivity contribution in [2.45, 2.75) is 147 Å². The van der Waals surface area contributed by atoms with Gasteiger partial charge in [0.15, 0.2) is 17.7 Å². The van der Waals surface area contributed by atoms with Gasteiger partial charge in [0, 0.05) is 56.0 Å². The second-order valence-electron chi connectivity index (χ2n) is 17.0. The summed E-state index contributed by atoms with van der Waals surface area (Å²) >= 11 is 0. The molecule has 3 aliphatic rings. The van der Waals surface area contributed by atoms with Crippen LogP contribution in [-0.4, -0.2) is 130 Å². The van der Waals surface area contributed by atoms with Gasteiger partial charge >= 0.3 is 12.1 Å². The zero-order valence-electron chi connectivity index (χ0n) is 35.3. The molecule has 17 nitrogen and oxygen atoms in total. The number of aromatic nitrogens is 3.